The van der Waals surface area contributed by atoms with Crippen molar-refractivity contribution in [2.75, 3.05) is 18.1 Å². The van der Waals surface area contributed by atoms with Gasteiger partial charge in [0.15, 0.2) is 15.9 Å². The number of rotatable bonds is 5. The fourth-order valence-corrected chi connectivity index (χ4v) is 4.93. The normalized spacial score (nSPS) is 20.0. The van der Waals surface area contributed by atoms with E-state index < -0.39 is 27.8 Å². The standard InChI is InChI=1S/C18H21NO6S/c1-3-19(14-8-9-26(22,23)11-14)17(20)12(2)24-18(21)16-10-13-6-4-5-7-15(13)25-16/h4-7,10,12,14H,3,8-9,11H2,1-2H3/t12-,14-/m1/s1. The molecule has 7 nitrogen and oxygen atoms in total. The molecule has 1 aliphatic heterocycles. The maximum atomic E-state index is 12.6. The van der Waals surface area contributed by atoms with Crippen molar-refractivity contribution in [3.63, 3.8) is 0 Å². The molecule has 0 bridgehead atoms. The quantitative estimate of drug-likeness (QED) is 0.738. The lowest BCUT2D eigenvalue weighted by Gasteiger charge is -2.29. The van der Waals surface area contributed by atoms with Crippen LogP contribution in [0.5, 0.6) is 0 Å². The minimum Gasteiger partial charge on any atom is -0.449 e. The second-order valence-corrected chi connectivity index (χ2v) is 8.61. The first kappa shape index (κ1) is 18.4. The minimum atomic E-state index is -3.11. The number of benzene rings is 1. The third kappa shape index (κ3) is 3.75. The molecule has 8 heteroatoms. The van der Waals surface area contributed by atoms with Gasteiger partial charge in [0, 0.05) is 18.0 Å². The molecule has 1 aromatic carbocycles. The summed E-state index contributed by atoms with van der Waals surface area (Å²) >= 11 is 0. The number of sulfone groups is 1. The first-order valence-corrected chi connectivity index (χ1v) is 10.3. The Morgan fingerprint density at radius 3 is 2.69 bits per heavy atom. The molecule has 0 unspecified atom stereocenters. The van der Waals surface area contributed by atoms with Crippen molar-refractivity contribution >= 4 is 32.7 Å². The Kier molecular flexibility index (Phi) is 5.04. The highest BCUT2D eigenvalue weighted by Gasteiger charge is 2.36. The fourth-order valence-electron chi connectivity index (χ4n) is 3.20. The predicted molar refractivity (Wildman–Crippen MR) is 95.5 cm³/mol. The second-order valence-electron chi connectivity index (χ2n) is 6.38. The highest BCUT2D eigenvalue weighted by molar-refractivity contribution is 7.91. The van der Waals surface area contributed by atoms with E-state index in [1.165, 1.54) is 11.8 Å². The summed E-state index contributed by atoms with van der Waals surface area (Å²) in [6.07, 6.45) is -0.620. The second kappa shape index (κ2) is 7.11. The van der Waals surface area contributed by atoms with Crippen LogP contribution in [0.2, 0.25) is 0 Å². The van der Waals surface area contributed by atoms with Crippen molar-refractivity contribution in [2.45, 2.75) is 32.4 Å². The number of carbonyl (C=O) groups is 2. The van der Waals surface area contributed by atoms with Crippen LogP contribution in [0, 0.1) is 0 Å². The molecule has 1 fully saturated rings. The van der Waals surface area contributed by atoms with Gasteiger partial charge in [0.25, 0.3) is 5.91 Å². The predicted octanol–water partition coefficient (Wildman–Crippen LogP) is 2.01. The van der Waals surface area contributed by atoms with Crippen molar-refractivity contribution < 1.29 is 27.2 Å². The first-order valence-electron chi connectivity index (χ1n) is 8.51. The molecule has 0 spiro atoms. The summed E-state index contributed by atoms with van der Waals surface area (Å²) in [5.41, 5.74) is 0.560. The zero-order valence-electron chi connectivity index (χ0n) is 14.7. The topological polar surface area (TPSA) is 93.9 Å². The molecule has 2 atom stereocenters. The highest BCUT2D eigenvalue weighted by Crippen LogP contribution is 2.21. The first-order chi connectivity index (χ1) is 12.3. The van der Waals surface area contributed by atoms with Crippen LogP contribution in [0.1, 0.15) is 30.8 Å². The van der Waals surface area contributed by atoms with Crippen LogP contribution in [0.3, 0.4) is 0 Å². The number of esters is 1. The van der Waals surface area contributed by atoms with Gasteiger partial charge in [-0.25, -0.2) is 13.2 Å². The van der Waals surface area contributed by atoms with Gasteiger partial charge in [-0.3, -0.25) is 4.79 Å². The van der Waals surface area contributed by atoms with Gasteiger partial charge in [-0.15, -0.1) is 0 Å². The zero-order chi connectivity index (χ0) is 18.9. The Labute approximate surface area is 151 Å². The molecular weight excluding hydrogens is 358 g/mol. The van der Waals surface area contributed by atoms with Crippen LogP contribution in [-0.4, -0.2) is 55.4 Å². The van der Waals surface area contributed by atoms with Gasteiger partial charge in [-0.05, 0) is 32.4 Å². The smallest absolute Gasteiger partial charge is 0.375 e. The van der Waals surface area contributed by atoms with Gasteiger partial charge in [0.05, 0.1) is 11.5 Å². The van der Waals surface area contributed by atoms with E-state index >= 15 is 0 Å². The van der Waals surface area contributed by atoms with Crippen LogP contribution in [0.4, 0.5) is 0 Å². The van der Waals surface area contributed by atoms with Crippen LogP contribution < -0.4 is 0 Å². The molecule has 1 aromatic heterocycles. The number of hydrogen-bond donors (Lipinski definition) is 0. The summed E-state index contributed by atoms with van der Waals surface area (Å²) in [6, 6.07) is 8.36. The lowest BCUT2D eigenvalue weighted by molar-refractivity contribution is -0.141. The number of ether oxygens (including phenoxy) is 1. The number of hydrogen-bond acceptors (Lipinski definition) is 6. The minimum absolute atomic E-state index is 0.0253. The Bertz CT molecular complexity index is 899. The molecule has 1 saturated heterocycles. The molecule has 1 amide bonds. The number of fused-ring (bicyclic) bond motifs is 1. The summed E-state index contributed by atoms with van der Waals surface area (Å²) in [4.78, 5) is 26.4. The average molecular weight is 379 g/mol. The molecule has 0 saturated carbocycles. The largest absolute Gasteiger partial charge is 0.449 e. The van der Waals surface area contributed by atoms with Crippen molar-refractivity contribution in [1.29, 1.82) is 0 Å². The molecule has 0 radical (unpaired) electrons. The summed E-state index contributed by atoms with van der Waals surface area (Å²) in [7, 11) is -3.11. The fraction of sp³-hybridized carbons (Fsp3) is 0.444. The van der Waals surface area contributed by atoms with Crippen LogP contribution in [0.15, 0.2) is 34.7 Å². The van der Waals surface area contributed by atoms with E-state index in [0.29, 0.717) is 18.5 Å². The molecule has 26 heavy (non-hydrogen) atoms. The third-order valence-corrected chi connectivity index (χ3v) is 6.28. The summed E-state index contributed by atoms with van der Waals surface area (Å²) in [5.74, 6) is -1.07. The summed E-state index contributed by atoms with van der Waals surface area (Å²) in [5, 5.41) is 0.768. The molecule has 1 aliphatic rings. The monoisotopic (exact) mass is 379 g/mol. The van der Waals surface area contributed by atoms with Gasteiger partial charge in [0.2, 0.25) is 5.76 Å². The molecule has 2 aromatic rings. The molecule has 0 aliphatic carbocycles. The van der Waals surface area contributed by atoms with Crippen molar-refractivity contribution in [2.24, 2.45) is 0 Å². The third-order valence-electron chi connectivity index (χ3n) is 4.53. The molecular formula is C18H21NO6S. The molecule has 140 valence electrons. The van der Waals surface area contributed by atoms with Crippen LogP contribution in [-0.2, 0) is 19.4 Å². The lowest BCUT2D eigenvalue weighted by Crippen LogP contribution is -2.46. The van der Waals surface area contributed by atoms with E-state index in [1.807, 2.05) is 12.1 Å². The Hall–Kier alpha value is -2.35. The van der Waals surface area contributed by atoms with Gasteiger partial charge >= 0.3 is 5.97 Å². The van der Waals surface area contributed by atoms with E-state index in [2.05, 4.69) is 0 Å². The van der Waals surface area contributed by atoms with E-state index in [0.717, 1.165) is 5.39 Å². The van der Waals surface area contributed by atoms with E-state index in [4.69, 9.17) is 9.15 Å². The van der Waals surface area contributed by atoms with Crippen LogP contribution >= 0.6 is 0 Å². The Morgan fingerprint density at radius 1 is 1.35 bits per heavy atom. The lowest BCUT2D eigenvalue weighted by atomic mass is 10.2. The highest BCUT2D eigenvalue weighted by atomic mass is 32.2. The maximum absolute atomic E-state index is 12.6. The number of furan rings is 1. The van der Waals surface area contributed by atoms with Crippen LogP contribution in [0.25, 0.3) is 11.0 Å². The number of carbonyl (C=O) groups excluding carboxylic acids is 2. The molecule has 0 N–H and O–H groups in total. The van der Waals surface area contributed by atoms with Crippen molar-refractivity contribution in [3.8, 4) is 0 Å². The van der Waals surface area contributed by atoms with E-state index in [1.54, 1.807) is 25.1 Å². The molecule has 2 heterocycles. The molecule has 3 rings (SSSR count). The Morgan fingerprint density at radius 2 is 2.08 bits per heavy atom. The SMILES string of the molecule is CCN(C(=O)[C@@H](C)OC(=O)c1cc2ccccc2o1)[C@@H]1CCS(=O)(=O)C1. The van der Waals surface area contributed by atoms with E-state index in [9.17, 15) is 18.0 Å². The van der Waals surface area contributed by atoms with Gasteiger partial charge < -0.3 is 14.1 Å². The maximum Gasteiger partial charge on any atom is 0.375 e. The number of amides is 1. The summed E-state index contributed by atoms with van der Waals surface area (Å²) in [6.45, 7) is 3.61. The van der Waals surface area contributed by atoms with Crippen molar-refractivity contribution in [3.05, 3.63) is 36.1 Å². The van der Waals surface area contributed by atoms with Crippen molar-refractivity contribution in [1.82, 2.24) is 4.90 Å². The van der Waals surface area contributed by atoms with E-state index in [-0.39, 0.29) is 23.3 Å². The number of likely N-dealkylation sites (N-methyl/N-ethyl adjacent to an activating group) is 1. The zero-order valence-corrected chi connectivity index (χ0v) is 15.5. The van der Waals surface area contributed by atoms with Gasteiger partial charge in [-0.2, -0.15) is 0 Å². The average Bonchev–Trinajstić information content (AvgIpc) is 3.18. The van der Waals surface area contributed by atoms with Gasteiger partial charge in [0.1, 0.15) is 5.58 Å². The Balaban J connectivity index is 1.68. The number of nitrogens with zero attached hydrogens (tertiary/aromatic N) is 1. The van der Waals surface area contributed by atoms with Gasteiger partial charge in [-0.1, -0.05) is 18.2 Å². The number of para-hydroxylation sites is 1. The summed E-state index contributed by atoms with van der Waals surface area (Å²) < 4.78 is 34.0.